The van der Waals surface area contributed by atoms with Crippen molar-refractivity contribution in [1.29, 1.82) is 0 Å². The van der Waals surface area contributed by atoms with Crippen LogP contribution in [0.1, 0.15) is 31.1 Å². The molecule has 0 aliphatic rings. The molecule has 0 aliphatic carbocycles. The van der Waals surface area contributed by atoms with Gasteiger partial charge in [-0.25, -0.2) is 0 Å². The number of azo groups is 1. The Hall–Kier alpha value is -1.97. The molecule has 0 radical (unpaired) electrons. The molecule has 4 nitrogen and oxygen atoms in total. The van der Waals surface area contributed by atoms with Gasteiger partial charge in [-0.2, -0.15) is 10.2 Å². The molecule has 1 atom stereocenters. The minimum atomic E-state index is -0.0311. The molecule has 17 heavy (non-hydrogen) atoms. The second-order valence-electron chi connectivity index (χ2n) is 3.80. The summed E-state index contributed by atoms with van der Waals surface area (Å²) in [5.74, 6) is 0. The fourth-order valence-electron chi connectivity index (χ4n) is 1.59. The predicted molar refractivity (Wildman–Crippen MR) is 65.3 cm³/mol. The Bertz CT molecular complexity index is 490. The Labute approximate surface area is 100 Å². The molecule has 0 spiro atoms. The predicted octanol–water partition coefficient (Wildman–Crippen LogP) is 4.08. The zero-order valence-electron chi connectivity index (χ0n) is 10.00. The Morgan fingerprint density at radius 1 is 1.29 bits per heavy atom. The molecular weight excluding hydrogens is 214 g/mol. The van der Waals surface area contributed by atoms with Crippen LogP contribution in [0.15, 0.2) is 51.3 Å². The van der Waals surface area contributed by atoms with E-state index in [1.54, 1.807) is 6.26 Å². The summed E-state index contributed by atoms with van der Waals surface area (Å²) in [4.78, 5) is 0. The van der Waals surface area contributed by atoms with Crippen LogP contribution < -0.4 is 0 Å². The van der Waals surface area contributed by atoms with Crippen LogP contribution in [0.2, 0.25) is 0 Å². The van der Waals surface area contributed by atoms with Crippen LogP contribution in [0, 0.1) is 0 Å². The zero-order chi connectivity index (χ0) is 12.1. The molecule has 0 amide bonds. The Morgan fingerprint density at radius 3 is 2.76 bits per heavy atom. The lowest BCUT2D eigenvalue weighted by atomic mass is 10.1. The van der Waals surface area contributed by atoms with E-state index in [1.165, 1.54) is 0 Å². The van der Waals surface area contributed by atoms with Crippen LogP contribution in [0.25, 0.3) is 0 Å². The second-order valence-corrected chi connectivity index (χ2v) is 3.80. The van der Waals surface area contributed by atoms with Gasteiger partial charge in [-0.1, -0.05) is 30.3 Å². The van der Waals surface area contributed by atoms with E-state index in [1.807, 2.05) is 44.2 Å². The number of nitrogens with zero attached hydrogens (tertiary/aromatic N) is 3. The maximum Gasteiger partial charge on any atom is 0.129 e. The lowest BCUT2D eigenvalue weighted by molar-refractivity contribution is 0.411. The molecule has 0 fully saturated rings. The smallest absolute Gasteiger partial charge is 0.129 e. The van der Waals surface area contributed by atoms with E-state index in [4.69, 9.17) is 4.52 Å². The van der Waals surface area contributed by atoms with Gasteiger partial charge in [0.05, 0.1) is 17.4 Å². The molecule has 0 saturated carbocycles. The summed E-state index contributed by atoms with van der Waals surface area (Å²) in [6.45, 7) is 4.03. The normalized spacial score (nSPS) is 13.1. The molecule has 4 heteroatoms. The van der Waals surface area contributed by atoms with Crippen molar-refractivity contribution in [2.45, 2.75) is 26.3 Å². The van der Waals surface area contributed by atoms with Crippen molar-refractivity contribution in [1.82, 2.24) is 5.16 Å². The highest BCUT2D eigenvalue weighted by molar-refractivity contribution is 5.34. The highest BCUT2D eigenvalue weighted by atomic mass is 16.5. The number of aryl methyl sites for hydroxylation is 1. The molecule has 1 aromatic carbocycles. The SMILES string of the molecule is CCc1nocc1C(C)N=Nc1ccccc1. The van der Waals surface area contributed by atoms with E-state index < -0.39 is 0 Å². The Kier molecular flexibility index (Phi) is 3.65. The lowest BCUT2D eigenvalue weighted by Gasteiger charge is -2.02. The summed E-state index contributed by atoms with van der Waals surface area (Å²) in [5, 5.41) is 12.4. The average Bonchev–Trinajstić information content (AvgIpc) is 2.85. The first-order valence-electron chi connectivity index (χ1n) is 5.70. The van der Waals surface area contributed by atoms with Crippen molar-refractivity contribution in [3.8, 4) is 0 Å². The van der Waals surface area contributed by atoms with Gasteiger partial charge >= 0.3 is 0 Å². The van der Waals surface area contributed by atoms with Gasteiger partial charge in [0, 0.05) is 5.56 Å². The van der Waals surface area contributed by atoms with Gasteiger partial charge in [-0.05, 0) is 25.5 Å². The monoisotopic (exact) mass is 229 g/mol. The Morgan fingerprint density at radius 2 is 2.06 bits per heavy atom. The second kappa shape index (κ2) is 5.39. The van der Waals surface area contributed by atoms with Crippen LogP contribution in [-0.4, -0.2) is 5.16 Å². The van der Waals surface area contributed by atoms with E-state index >= 15 is 0 Å². The van der Waals surface area contributed by atoms with Crippen molar-refractivity contribution in [2.24, 2.45) is 10.2 Å². The van der Waals surface area contributed by atoms with E-state index in [-0.39, 0.29) is 6.04 Å². The zero-order valence-corrected chi connectivity index (χ0v) is 10.00. The first kappa shape index (κ1) is 11.5. The highest BCUT2D eigenvalue weighted by Gasteiger charge is 2.12. The largest absolute Gasteiger partial charge is 0.364 e. The summed E-state index contributed by atoms with van der Waals surface area (Å²) in [6, 6.07) is 9.65. The topological polar surface area (TPSA) is 50.8 Å². The summed E-state index contributed by atoms with van der Waals surface area (Å²) < 4.78 is 4.96. The number of rotatable bonds is 4. The van der Waals surface area contributed by atoms with Crippen LogP contribution in [0.3, 0.4) is 0 Å². The van der Waals surface area contributed by atoms with Gasteiger partial charge in [-0.15, -0.1) is 0 Å². The molecule has 0 saturated heterocycles. The van der Waals surface area contributed by atoms with Crippen LogP contribution in [0.4, 0.5) is 5.69 Å². The minimum Gasteiger partial charge on any atom is -0.364 e. The number of aromatic nitrogens is 1. The van der Waals surface area contributed by atoms with E-state index in [0.717, 1.165) is 23.4 Å². The average molecular weight is 229 g/mol. The van der Waals surface area contributed by atoms with Crippen LogP contribution >= 0.6 is 0 Å². The third-order valence-electron chi connectivity index (χ3n) is 2.56. The summed E-state index contributed by atoms with van der Waals surface area (Å²) in [5.41, 5.74) is 2.81. The van der Waals surface area contributed by atoms with E-state index in [0.29, 0.717) is 0 Å². The molecule has 88 valence electrons. The minimum absolute atomic E-state index is 0.0311. The fraction of sp³-hybridized carbons (Fsp3) is 0.308. The van der Waals surface area contributed by atoms with Gasteiger partial charge in [-0.3, -0.25) is 0 Å². The van der Waals surface area contributed by atoms with Gasteiger partial charge < -0.3 is 4.52 Å². The summed E-state index contributed by atoms with van der Waals surface area (Å²) in [7, 11) is 0. The summed E-state index contributed by atoms with van der Waals surface area (Å²) >= 11 is 0. The molecule has 2 aromatic rings. The van der Waals surface area contributed by atoms with Crippen molar-refractivity contribution >= 4 is 5.69 Å². The summed E-state index contributed by atoms with van der Waals surface area (Å²) in [6.07, 6.45) is 2.49. The first-order valence-corrected chi connectivity index (χ1v) is 5.70. The fourth-order valence-corrected chi connectivity index (χ4v) is 1.59. The van der Waals surface area contributed by atoms with Crippen molar-refractivity contribution in [2.75, 3.05) is 0 Å². The molecule has 0 bridgehead atoms. The highest BCUT2D eigenvalue weighted by Crippen LogP contribution is 2.23. The maximum atomic E-state index is 4.96. The maximum absolute atomic E-state index is 4.96. The van der Waals surface area contributed by atoms with Gasteiger partial charge in [0.2, 0.25) is 0 Å². The van der Waals surface area contributed by atoms with Crippen molar-refractivity contribution in [3.63, 3.8) is 0 Å². The number of hydrogen-bond acceptors (Lipinski definition) is 4. The molecule has 2 rings (SSSR count). The number of hydrogen-bond donors (Lipinski definition) is 0. The van der Waals surface area contributed by atoms with Crippen molar-refractivity contribution < 1.29 is 4.52 Å². The van der Waals surface area contributed by atoms with Gasteiger partial charge in [0.25, 0.3) is 0 Å². The molecule has 1 aromatic heterocycles. The first-order chi connectivity index (χ1) is 8.31. The lowest BCUT2D eigenvalue weighted by Crippen LogP contribution is -1.92. The molecule has 1 unspecified atom stereocenters. The van der Waals surface area contributed by atoms with Crippen LogP contribution in [0.5, 0.6) is 0 Å². The Balaban J connectivity index is 2.12. The van der Waals surface area contributed by atoms with Crippen LogP contribution in [-0.2, 0) is 6.42 Å². The van der Waals surface area contributed by atoms with Crippen molar-refractivity contribution in [3.05, 3.63) is 47.9 Å². The molecule has 0 aliphatic heterocycles. The number of benzene rings is 1. The third kappa shape index (κ3) is 2.78. The van der Waals surface area contributed by atoms with Gasteiger partial charge in [0.15, 0.2) is 0 Å². The quantitative estimate of drug-likeness (QED) is 0.741. The van der Waals surface area contributed by atoms with Gasteiger partial charge in [0.1, 0.15) is 6.26 Å². The van der Waals surface area contributed by atoms with E-state index in [9.17, 15) is 0 Å². The molecule has 0 N–H and O–H groups in total. The molecular formula is C13H15N3O. The third-order valence-corrected chi connectivity index (χ3v) is 2.56. The standard InChI is InChI=1S/C13H15N3O/c1-3-13-12(9-17-16-13)10(2)14-15-11-7-5-4-6-8-11/h4-10H,3H2,1-2H3. The van der Waals surface area contributed by atoms with E-state index in [2.05, 4.69) is 15.4 Å². The molecule has 1 heterocycles.